The summed E-state index contributed by atoms with van der Waals surface area (Å²) in [7, 11) is 3.84. The number of ether oxygens (including phenoxy) is 1. The minimum atomic E-state index is 0.216. The van der Waals surface area contributed by atoms with Crippen molar-refractivity contribution in [1.82, 2.24) is 9.78 Å². The normalized spacial score (nSPS) is 18.6. The number of hydrogen-bond donors (Lipinski definition) is 1. The van der Waals surface area contributed by atoms with Gasteiger partial charge in [0.15, 0.2) is 0 Å². The first kappa shape index (κ1) is 15.3. The summed E-state index contributed by atoms with van der Waals surface area (Å²) in [6, 6.07) is 0.216. The Morgan fingerprint density at radius 3 is 2.60 bits per heavy atom. The Hall–Kier alpha value is -1.07. The lowest BCUT2D eigenvalue weighted by Crippen LogP contribution is -2.38. The standard InChI is InChI=1S/C15H28N4O/c1-5-12(16)10-14-11(2)17-18(3)15(14)19-8-6-13(20-4)7-9-19/h12-13H,5-10,16H2,1-4H3. The molecule has 1 saturated heterocycles. The highest BCUT2D eigenvalue weighted by Gasteiger charge is 2.25. The van der Waals surface area contributed by atoms with E-state index >= 15 is 0 Å². The van der Waals surface area contributed by atoms with Gasteiger partial charge in [-0.1, -0.05) is 6.92 Å². The van der Waals surface area contributed by atoms with Crippen molar-refractivity contribution in [3.05, 3.63) is 11.3 Å². The van der Waals surface area contributed by atoms with E-state index in [1.165, 1.54) is 11.4 Å². The second-order valence-electron chi connectivity index (χ2n) is 5.81. The predicted octanol–water partition coefficient (Wildman–Crippen LogP) is 1.62. The minimum absolute atomic E-state index is 0.216. The molecule has 0 radical (unpaired) electrons. The fourth-order valence-corrected chi connectivity index (χ4v) is 3.03. The molecule has 0 amide bonds. The Bertz CT molecular complexity index is 435. The molecule has 0 bridgehead atoms. The Labute approximate surface area is 122 Å². The van der Waals surface area contributed by atoms with Gasteiger partial charge in [-0.05, 0) is 32.6 Å². The second kappa shape index (κ2) is 6.59. The summed E-state index contributed by atoms with van der Waals surface area (Å²) in [6.45, 7) is 6.29. The Morgan fingerprint density at radius 2 is 2.05 bits per heavy atom. The molecule has 1 atom stereocenters. The molecule has 1 aliphatic rings. The fourth-order valence-electron chi connectivity index (χ4n) is 3.03. The van der Waals surface area contributed by atoms with Crippen molar-refractivity contribution in [2.45, 2.75) is 51.7 Å². The van der Waals surface area contributed by atoms with Crippen LogP contribution < -0.4 is 10.6 Å². The van der Waals surface area contributed by atoms with E-state index in [-0.39, 0.29) is 6.04 Å². The Balaban J connectivity index is 2.18. The number of nitrogens with two attached hydrogens (primary N) is 1. The van der Waals surface area contributed by atoms with Crippen LogP contribution in [0.1, 0.15) is 37.4 Å². The fraction of sp³-hybridized carbons (Fsp3) is 0.800. The van der Waals surface area contributed by atoms with Crippen LogP contribution in [0.2, 0.25) is 0 Å². The summed E-state index contributed by atoms with van der Waals surface area (Å²) in [5.41, 5.74) is 8.58. The highest BCUT2D eigenvalue weighted by molar-refractivity contribution is 5.51. The largest absolute Gasteiger partial charge is 0.381 e. The van der Waals surface area contributed by atoms with E-state index in [0.29, 0.717) is 6.10 Å². The molecular weight excluding hydrogens is 252 g/mol. The number of aromatic nitrogens is 2. The zero-order chi connectivity index (χ0) is 14.7. The summed E-state index contributed by atoms with van der Waals surface area (Å²) in [6.07, 6.45) is 4.48. The molecule has 0 spiro atoms. The highest BCUT2D eigenvalue weighted by Crippen LogP contribution is 2.28. The van der Waals surface area contributed by atoms with Crippen LogP contribution in [0, 0.1) is 6.92 Å². The van der Waals surface area contributed by atoms with Crippen molar-refractivity contribution in [1.29, 1.82) is 0 Å². The van der Waals surface area contributed by atoms with Crippen molar-refractivity contribution in [3.8, 4) is 0 Å². The van der Waals surface area contributed by atoms with Gasteiger partial charge in [0.1, 0.15) is 5.82 Å². The highest BCUT2D eigenvalue weighted by atomic mass is 16.5. The lowest BCUT2D eigenvalue weighted by atomic mass is 10.0. The van der Waals surface area contributed by atoms with Crippen LogP contribution in [0.25, 0.3) is 0 Å². The molecule has 2 heterocycles. The molecule has 1 aliphatic heterocycles. The lowest BCUT2D eigenvalue weighted by molar-refractivity contribution is 0.0816. The topological polar surface area (TPSA) is 56.3 Å². The van der Waals surface area contributed by atoms with Gasteiger partial charge in [0.05, 0.1) is 11.8 Å². The Kier molecular flexibility index (Phi) is 5.05. The molecule has 20 heavy (non-hydrogen) atoms. The van der Waals surface area contributed by atoms with E-state index in [4.69, 9.17) is 10.5 Å². The molecular formula is C15H28N4O. The zero-order valence-electron chi connectivity index (χ0n) is 13.2. The summed E-state index contributed by atoms with van der Waals surface area (Å²) in [5.74, 6) is 1.25. The number of piperidine rings is 1. The van der Waals surface area contributed by atoms with Gasteiger partial charge in [0.25, 0.3) is 0 Å². The van der Waals surface area contributed by atoms with Crippen LogP contribution in [0.15, 0.2) is 0 Å². The van der Waals surface area contributed by atoms with E-state index in [1.807, 2.05) is 11.7 Å². The molecule has 0 aromatic carbocycles. The van der Waals surface area contributed by atoms with E-state index in [9.17, 15) is 0 Å². The van der Waals surface area contributed by atoms with Gasteiger partial charge in [0, 0.05) is 38.9 Å². The average Bonchev–Trinajstić information content (AvgIpc) is 2.73. The summed E-state index contributed by atoms with van der Waals surface area (Å²) >= 11 is 0. The third kappa shape index (κ3) is 3.15. The molecule has 1 aromatic rings. The SMILES string of the molecule is CCC(N)Cc1c(C)nn(C)c1N1CCC(OC)CC1. The van der Waals surface area contributed by atoms with Crippen LogP contribution >= 0.6 is 0 Å². The van der Waals surface area contributed by atoms with Crippen molar-refractivity contribution in [2.75, 3.05) is 25.1 Å². The number of methoxy groups -OCH3 is 1. The molecule has 0 saturated carbocycles. The van der Waals surface area contributed by atoms with E-state index < -0.39 is 0 Å². The van der Waals surface area contributed by atoms with Crippen LogP contribution in [0.5, 0.6) is 0 Å². The third-order valence-corrected chi connectivity index (χ3v) is 4.38. The first-order valence-electron chi connectivity index (χ1n) is 7.62. The van der Waals surface area contributed by atoms with E-state index in [2.05, 4.69) is 23.8 Å². The molecule has 1 fully saturated rings. The van der Waals surface area contributed by atoms with Crippen molar-refractivity contribution >= 4 is 5.82 Å². The Morgan fingerprint density at radius 1 is 1.40 bits per heavy atom. The average molecular weight is 280 g/mol. The molecule has 1 unspecified atom stereocenters. The molecule has 114 valence electrons. The number of aryl methyl sites for hydroxylation is 2. The smallest absolute Gasteiger partial charge is 0.130 e. The number of anilines is 1. The molecule has 5 heteroatoms. The molecule has 2 rings (SSSR count). The van der Waals surface area contributed by atoms with Gasteiger partial charge in [0.2, 0.25) is 0 Å². The van der Waals surface area contributed by atoms with Crippen molar-refractivity contribution in [3.63, 3.8) is 0 Å². The predicted molar refractivity (Wildman–Crippen MR) is 82.2 cm³/mol. The van der Waals surface area contributed by atoms with E-state index in [1.54, 1.807) is 7.11 Å². The van der Waals surface area contributed by atoms with Crippen LogP contribution in [-0.2, 0) is 18.2 Å². The van der Waals surface area contributed by atoms with Gasteiger partial charge in [-0.2, -0.15) is 5.10 Å². The quantitative estimate of drug-likeness (QED) is 0.890. The van der Waals surface area contributed by atoms with Gasteiger partial charge in [-0.3, -0.25) is 4.68 Å². The first-order valence-corrected chi connectivity index (χ1v) is 7.62. The molecule has 2 N–H and O–H groups in total. The molecule has 0 aliphatic carbocycles. The summed E-state index contributed by atoms with van der Waals surface area (Å²) in [4.78, 5) is 2.44. The summed E-state index contributed by atoms with van der Waals surface area (Å²) < 4.78 is 7.47. The third-order valence-electron chi connectivity index (χ3n) is 4.38. The monoisotopic (exact) mass is 280 g/mol. The zero-order valence-corrected chi connectivity index (χ0v) is 13.2. The van der Waals surface area contributed by atoms with Crippen LogP contribution in [0.3, 0.4) is 0 Å². The maximum atomic E-state index is 6.15. The number of nitrogens with zero attached hydrogens (tertiary/aromatic N) is 3. The first-order chi connectivity index (χ1) is 9.56. The maximum absolute atomic E-state index is 6.15. The lowest BCUT2D eigenvalue weighted by Gasteiger charge is -2.33. The van der Waals surface area contributed by atoms with Gasteiger partial charge >= 0.3 is 0 Å². The van der Waals surface area contributed by atoms with Crippen LogP contribution in [0.4, 0.5) is 5.82 Å². The van der Waals surface area contributed by atoms with Crippen molar-refractivity contribution in [2.24, 2.45) is 12.8 Å². The minimum Gasteiger partial charge on any atom is -0.381 e. The molecule has 5 nitrogen and oxygen atoms in total. The molecule has 1 aromatic heterocycles. The number of hydrogen-bond acceptors (Lipinski definition) is 4. The van der Waals surface area contributed by atoms with Gasteiger partial charge in [-0.25, -0.2) is 0 Å². The maximum Gasteiger partial charge on any atom is 0.130 e. The number of rotatable bonds is 5. The van der Waals surface area contributed by atoms with Gasteiger partial charge in [-0.15, -0.1) is 0 Å². The van der Waals surface area contributed by atoms with E-state index in [0.717, 1.165) is 44.5 Å². The summed E-state index contributed by atoms with van der Waals surface area (Å²) in [5, 5.41) is 4.60. The second-order valence-corrected chi connectivity index (χ2v) is 5.81. The van der Waals surface area contributed by atoms with Gasteiger partial charge < -0.3 is 15.4 Å². The van der Waals surface area contributed by atoms with Crippen molar-refractivity contribution < 1.29 is 4.74 Å². The van der Waals surface area contributed by atoms with Crippen LogP contribution in [-0.4, -0.2) is 42.1 Å².